The number of nitrogens with one attached hydrogen (secondary N) is 2. The molecule has 1 fully saturated rings. The Hall–Kier alpha value is -0.900. The molecule has 2 N–H and O–H groups in total. The summed E-state index contributed by atoms with van der Waals surface area (Å²) in [6, 6.07) is 0.859. The Morgan fingerprint density at radius 3 is 2.72 bits per heavy atom. The standard InChI is InChI=1S/C14H26N4/c1-9(2)12-6-5-10(3)7-13(12)17-11(4)14-15-8-16-18-14/h8-13,17H,5-7H2,1-4H3,(H,15,16,18). The molecule has 4 atom stereocenters. The highest BCUT2D eigenvalue weighted by atomic mass is 15.2. The van der Waals surface area contributed by atoms with Gasteiger partial charge in [-0.05, 0) is 37.5 Å². The van der Waals surface area contributed by atoms with Gasteiger partial charge in [0.2, 0.25) is 0 Å². The molecule has 102 valence electrons. The van der Waals surface area contributed by atoms with Gasteiger partial charge in [-0.3, -0.25) is 5.10 Å². The van der Waals surface area contributed by atoms with Crippen molar-refractivity contribution in [3.05, 3.63) is 12.2 Å². The minimum atomic E-state index is 0.254. The van der Waals surface area contributed by atoms with E-state index in [0.717, 1.165) is 23.6 Å². The fourth-order valence-corrected chi connectivity index (χ4v) is 3.22. The van der Waals surface area contributed by atoms with Gasteiger partial charge in [0, 0.05) is 6.04 Å². The average Bonchev–Trinajstić information content (AvgIpc) is 2.81. The van der Waals surface area contributed by atoms with Crippen LogP contribution in [-0.4, -0.2) is 21.2 Å². The third kappa shape index (κ3) is 3.10. The van der Waals surface area contributed by atoms with Gasteiger partial charge in [-0.1, -0.05) is 27.2 Å². The molecule has 4 unspecified atom stereocenters. The van der Waals surface area contributed by atoms with E-state index in [-0.39, 0.29) is 6.04 Å². The van der Waals surface area contributed by atoms with Crippen LogP contribution < -0.4 is 5.32 Å². The van der Waals surface area contributed by atoms with Gasteiger partial charge < -0.3 is 5.32 Å². The Morgan fingerprint density at radius 1 is 1.33 bits per heavy atom. The van der Waals surface area contributed by atoms with Crippen molar-refractivity contribution in [3.63, 3.8) is 0 Å². The summed E-state index contributed by atoms with van der Waals surface area (Å²) >= 11 is 0. The summed E-state index contributed by atoms with van der Waals surface area (Å²) < 4.78 is 0. The minimum Gasteiger partial charge on any atom is -0.304 e. The number of rotatable bonds is 4. The lowest BCUT2D eigenvalue weighted by atomic mass is 9.74. The topological polar surface area (TPSA) is 53.6 Å². The molecule has 0 spiro atoms. The number of H-pyrrole nitrogens is 1. The summed E-state index contributed by atoms with van der Waals surface area (Å²) in [6.07, 6.45) is 5.58. The molecule has 1 heterocycles. The zero-order chi connectivity index (χ0) is 13.1. The van der Waals surface area contributed by atoms with E-state index in [1.54, 1.807) is 6.33 Å². The molecule has 0 aliphatic heterocycles. The van der Waals surface area contributed by atoms with Crippen LogP contribution in [0.25, 0.3) is 0 Å². The molecule has 18 heavy (non-hydrogen) atoms. The monoisotopic (exact) mass is 250 g/mol. The van der Waals surface area contributed by atoms with Crippen molar-refractivity contribution in [1.82, 2.24) is 20.5 Å². The lowest BCUT2D eigenvalue weighted by Gasteiger charge is -2.39. The summed E-state index contributed by atoms with van der Waals surface area (Å²) in [5.74, 6) is 3.30. The second-order valence-corrected chi connectivity index (χ2v) is 6.19. The van der Waals surface area contributed by atoms with Crippen LogP contribution in [-0.2, 0) is 0 Å². The predicted molar refractivity (Wildman–Crippen MR) is 73.1 cm³/mol. The first kappa shape index (κ1) is 13.5. The van der Waals surface area contributed by atoms with Crippen LogP contribution in [0.2, 0.25) is 0 Å². The molecule has 0 bridgehead atoms. The molecule has 0 amide bonds. The van der Waals surface area contributed by atoms with Gasteiger partial charge in [0.15, 0.2) is 0 Å². The maximum absolute atomic E-state index is 4.24. The first-order valence-corrected chi connectivity index (χ1v) is 7.19. The SMILES string of the molecule is CC1CCC(C(C)C)C(NC(C)c2ncn[nH]2)C1. The maximum Gasteiger partial charge on any atom is 0.141 e. The molecule has 1 saturated carbocycles. The summed E-state index contributed by atoms with van der Waals surface area (Å²) in [5, 5.41) is 10.6. The number of nitrogens with zero attached hydrogens (tertiary/aromatic N) is 2. The highest BCUT2D eigenvalue weighted by molar-refractivity contribution is 4.93. The van der Waals surface area contributed by atoms with E-state index in [2.05, 4.69) is 48.2 Å². The molecule has 4 heteroatoms. The molecule has 0 aromatic carbocycles. The predicted octanol–water partition coefficient (Wildman–Crippen LogP) is 2.92. The van der Waals surface area contributed by atoms with Crippen LogP contribution >= 0.6 is 0 Å². The molecule has 1 aliphatic carbocycles. The molecule has 1 aliphatic rings. The van der Waals surface area contributed by atoms with E-state index in [1.807, 2.05) is 0 Å². The van der Waals surface area contributed by atoms with Crippen molar-refractivity contribution in [3.8, 4) is 0 Å². The fraction of sp³-hybridized carbons (Fsp3) is 0.857. The van der Waals surface area contributed by atoms with Crippen molar-refractivity contribution in [2.75, 3.05) is 0 Å². The van der Waals surface area contributed by atoms with E-state index in [1.165, 1.54) is 19.3 Å². The maximum atomic E-state index is 4.24. The third-order valence-corrected chi connectivity index (χ3v) is 4.33. The number of hydrogen-bond acceptors (Lipinski definition) is 3. The van der Waals surface area contributed by atoms with Gasteiger partial charge in [-0.15, -0.1) is 0 Å². The molecule has 2 rings (SSSR count). The van der Waals surface area contributed by atoms with Crippen molar-refractivity contribution in [2.24, 2.45) is 17.8 Å². The lowest BCUT2D eigenvalue weighted by Crippen LogP contribution is -2.44. The van der Waals surface area contributed by atoms with Gasteiger partial charge in [0.1, 0.15) is 12.2 Å². The second-order valence-electron chi connectivity index (χ2n) is 6.19. The summed E-state index contributed by atoms with van der Waals surface area (Å²) in [6.45, 7) is 9.21. The zero-order valence-electron chi connectivity index (χ0n) is 12.0. The molecule has 1 aromatic rings. The Balaban J connectivity index is 2.00. The normalized spacial score (nSPS) is 30.6. The fourth-order valence-electron chi connectivity index (χ4n) is 3.22. The van der Waals surface area contributed by atoms with Gasteiger partial charge in [-0.2, -0.15) is 5.10 Å². The Morgan fingerprint density at radius 2 is 2.11 bits per heavy atom. The van der Waals surface area contributed by atoms with Gasteiger partial charge in [0.05, 0.1) is 6.04 Å². The van der Waals surface area contributed by atoms with Crippen LogP contribution in [0.1, 0.15) is 58.8 Å². The first-order valence-electron chi connectivity index (χ1n) is 7.19. The summed E-state index contributed by atoms with van der Waals surface area (Å²) in [7, 11) is 0. The Labute approximate surface area is 110 Å². The van der Waals surface area contributed by atoms with Gasteiger partial charge >= 0.3 is 0 Å². The molecule has 4 nitrogen and oxygen atoms in total. The minimum absolute atomic E-state index is 0.254. The smallest absolute Gasteiger partial charge is 0.141 e. The Kier molecular flexibility index (Phi) is 4.38. The average molecular weight is 250 g/mol. The van der Waals surface area contributed by atoms with Crippen LogP contribution in [0.5, 0.6) is 0 Å². The van der Waals surface area contributed by atoms with Crippen molar-refractivity contribution >= 4 is 0 Å². The van der Waals surface area contributed by atoms with Crippen molar-refractivity contribution < 1.29 is 0 Å². The molecule has 0 saturated heterocycles. The van der Waals surface area contributed by atoms with E-state index in [4.69, 9.17) is 0 Å². The lowest BCUT2D eigenvalue weighted by molar-refractivity contribution is 0.160. The van der Waals surface area contributed by atoms with E-state index >= 15 is 0 Å². The van der Waals surface area contributed by atoms with Crippen molar-refractivity contribution in [1.29, 1.82) is 0 Å². The Bertz CT molecular complexity index is 347. The molecule has 0 radical (unpaired) electrons. The van der Waals surface area contributed by atoms with Crippen LogP contribution in [0.15, 0.2) is 6.33 Å². The molecular formula is C14H26N4. The van der Waals surface area contributed by atoms with E-state index < -0.39 is 0 Å². The van der Waals surface area contributed by atoms with Gasteiger partial charge in [-0.25, -0.2) is 4.98 Å². The number of aromatic nitrogens is 3. The highest BCUT2D eigenvalue weighted by Gasteiger charge is 2.31. The zero-order valence-corrected chi connectivity index (χ0v) is 12.0. The highest BCUT2D eigenvalue weighted by Crippen LogP contribution is 2.34. The number of aromatic amines is 1. The largest absolute Gasteiger partial charge is 0.304 e. The second kappa shape index (κ2) is 5.83. The van der Waals surface area contributed by atoms with E-state index in [9.17, 15) is 0 Å². The van der Waals surface area contributed by atoms with E-state index in [0.29, 0.717) is 6.04 Å². The summed E-state index contributed by atoms with van der Waals surface area (Å²) in [4.78, 5) is 4.24. The van der Waals surface area contributed by atoms with Crippen LogP contribution in [0.4, 0.5) is 0 Å². The van der Waals surface area contributed by atoms with Crippen LogP contribution in [0, 0.1) is 17.8 Å². The van der Waals surface area contributed by atoms with Gasteiger partial charge in [0.25, 0.3) is 0 Å². The molecule has 1 aromatic heterocycles. The van der Waals surface area contributed by atoms with Crippen molar-refractivity contribution in [2.45, 2.75) is 59.0 Å². The molecular weight excluding hydrogens is 224 g/mol. The van der Waals surface area contributed by atoms with Crippen LogP contribution in [0.3, 0.4) is 0 Å². The number of hydrogen-bond donors (Lipinski definition) is 2. The third-order valence-electron chi connectivity index (χ3n) is 4.33. The quantitative estimate of drug-likeness (QED) is 0.864. The first-order chi connectivity index (χ1) is 8.58. The summed E-state index contributed by atoms with van der Waals surface area (Å²) in [5.41, 5.74) is 0.